The molecule has 3 aromatic heterocycles. The average Bonchev–Trinajstić information content (AvgIpc) is 3.44. The van der Waals surface area contributed by atoms with Crippen LogP contribution in [0.25, 0.3) is 21.9 Å². The third-order valence-corrected chi connectivity index (χ3v) is 5.54. The molecule has 0 aliphatic heterocycles. The van der Waals surface area contributed by atoms with Crippen molar-refractivity contribution in [2.45, 2.75) is 26.4 Å². The lowest BCUT2D eigenvalue weighted by atomic mass is 10.2. The molecule has 0 fully saturated rings. The molecule has 172 valence electrons. The summed E-state index contributed by atoms with van der Waals surface area (Å²) in [5.74, 6) is 1.31. The first-order chi connectivity index (χ1) is 16.6. The molecule has 0 aliphatic rings. The standard InChI is InChI=1S/C24H22N6O4/c1-3-19-27-21(34-28-19)13-29-14-25-22-17-6-4-5-7-18(17)30(23(22)24(29)32)12-20(31)26-15-8-10-16(33-2)11-9-15/h4-11,14H,3,12-13H2,1-2H3,(H,26,31). The molecule has 0 unspecified atom stereocenters. The largest absolute Gasteiger partial charge is 0.497 e. The van der Waals surface area contributed by atoms with E-state index < -0.39 is 0 Å². The molecular weight excluding hydrogens is 436 g/mol. The van der Waals surface area contributed by atoms with Crippen molar-refractivity contribution in [2.75, 3.05) is 12.4 Å². The normalized spacial score (nSPS) is 11.2. The van der Waals surface area contributed by atoms with Crippen LogP contribution in [0.4, 0.5) is 5.69 Å². The lowest BCUT2D eigenvalue weighted by molar-refractivity contribution is -0.116. The Morgan fingerprint density at radius 3 is 2.68 bits per heavy atom. The Kier molecular flexibility index (Phi) is 5.54. The summed E-state index contributed by atoms with van der Waals surface area (Å²) in [5.41, 5.74) is 1.95. The number of benzene rings is 2. The summed E-state index contributed by atoms with van der Waals surface area (Å²) in [5, 5.41) is 7.54. The van der Waals surface area contributed by atoms with Crippen molar-refractivity contribution in [1.29, 1.82) is 0 Å². The van der Waals surface area contributed by atoms with Gasteiger partial charge in [0.15, 0.2) is 5.82 Å². The van der Waals surface area contributed by atoms with Gasteiger partial charge < -0.3 is 19.1 Å². The smallest absolute Gasteiger partial charge is 0.278 e. The van der Waals surface area contributed by atoms with Gasteiger partial charge in [-0.25, -0.2) is 4.98 Å². The number of amides is 1. The summed E-state index contributed by atoms with van der Waals surface area (Å²) >= 11 is 0. The summed E-state index contributed by atoms with van der Waals surface area (Å²) in [6.45, 7) is 1.95. The number of hydrogen-bond acceptors (Lipinski definition) is 7. The zero-order chi connectivity index (χ0) is 23.7. The molecule has 3 heterocycles. The third kappa shape index (κ3) is 3.90. The van der Waals surface area contributed by atoms with Gasteiger partial charge in [0, 0.05) is 17.5 Å². The number of fused-ring (bicyclic) bond motifs is 3. The maximum absolute atomic E-state index is 13.5. The van der Waals surface area contributed by atoms with Crippen LogP contribution in [0.15, 0.2) is 64.2 Å². The van der Waals surface area contributed by atoms with Gasteiger partial charge in [-0.15, -0.1) is 0 Å². The van der Waals surface area contributed by atoms with Crippen LogP contribution in [0.2, 0.25) is 0 Å². The van der Waals surface area contributed by atoms with Crippen LogP contribution in [-0.4, -0.2) is 37.3 Å². The zero-order valence-corrected chi connectivity index (χ0v) is 18.7. The minimum Gasteiger partial charge on any atom is -0.497 e. The molecular formula is C24H22N6O4. The van der Waals surface area contributed by atoms with Gasteiger partial charge in [0.1, 0.15) is 29.9 Å². The second-order valence-corrected chi connectivity index (χ2v) is 7.71. The number of methoxy groups -OCH3 is 1. The number of carbonyl (C=O) groups is 1. The van der Waals surface area contributed by atoms with Crippen molar-refractivity contribution in [3.63, 3.8) is 0 Å². The number of carbonyl (C=O) groups excluding carboxylic acids is 1. The van der Waals surface area contributed by atoms with E-state index in [1.54, 1.807) is 35.9 Å². The molecule has 5 aromatic rings. The van der Waals surface area contributed by atoms with E-state index in [1.165, 1.54) is 10.9 Å². The number of hydrogen-bond donors (Lipinski definition) is 1. The molecule has 0 spiro atoms. The lowest BCUT2D eigenvalue weighted by Crippen LogP contribution is -2.25. The van der Waals surface area contributed by atoms with E-state index in [1.807, 2.05) is 31.2 Å². The number of anilines is 1. The highest BCUT2D eigenvalue weighted by atomic mass is 16.5. The molecule has 0 radical (unpaired) electrons. The third-order valence-electron chi connectivity index (χ3n) is 5.54. The number of nitrogens with zero attached hydrogens (tertiary/aromatic N) is 5. The van der Waals surface area contributed by atoms with E-state index in [9.17, 15) is 9.59 Å². The van der Waals surface area contributed by atoms with Gasteiger partial charge in [0.2, 0.25) is 11.8 Å². The lowest BCUT2D eigenvalue weighted by Gasteiger charge is -2.10. The van der Waals surface area contributed by atoms with Gasteiger partial charge in [-0.05, 0) is 30.3 Å². The monoisotopic (exact) mass is 458 g/mol. The van der Waals surface area contributed by atoms with E-state index in [-0.39, 0.29) is 24.6 Å². The van der Waals surface area contributed by atoms with E-state index in [2.05, 4.69) is 20.4 Å². The number of aryl methyl sites for hydroxylation is 1. The van der Waals surface area contributed by atoms with Crippen LogP contribution in [0.5, 0.6) is 5.75 Å². The minimum atomic E-state index is -0.297. The van der Waals surface area contributed by atoms with E-state index in [0.29, 0.717) is 40.6 Å². The van der Waals surface area contributed by atoms with Crippen molar-refractivity contribution in [1.82, 2.24) is 24.3 Å². The maximum atomic E-state index is 13.5. The quantitative estimate of drug-likeness (QED) is 0.398. The molecule has 10 heteroatoms. The van der Waals surface area contributed by atoms with Crippen LogP contribution in [0.1, 0.15) is 18.6 Å². The molecule has 0 saturated heterocycles. The fourth-order valence-corrected chi connectivity index (χ4v) is 3.89. The number of nitrogens with one attached hydrogen (secondary N) is 1. The van der Waals surface area contributed by atoms with E-state index in [0.717, 1.165) is 10.9 Å². The Bertz CT molecular complexity index is 1550. The molecule has 0 bridgehead atoms. The number of ether oxygens (including phenoxy) is 1. The Balaban J connectivity index is 1.53. The highest BCUT2D eigenvalue weighted by Crippen LogP contribution is 2.25. The number of para-hydroxylation sites is 1. The Morgan fingerprint density at radius 1 is 1.15 bits per heavy atom. The molecule has 0 saturated carbocycles. The molecule has 5 rings (SSSR count). The molecule has 1 N–H and O–H groups in total. The Morgan fingerprint density at radius 2 is 1.94 bits per heavy atom. The molecule has 0 atom stereocenters. The van der Waals surface area contributed by atoms with Gasteiger partial charge in [0.25, 0.3) is 5.56 Å². The second kappa shape index (κ2) is 8.81. The molecule has 34 heavy (non-hydrogen) atoms. The van der Waals surface area contributed by atoms with Crippen molar-refractivity contribution < 1.29 is 14.1 Å². The first kappa shape index (κ1) is 21.4. The maximum Gasteiger partial charge on any atom is 0.278 e. The average molecular weight is 458 g/mol. The topological polar surface area (TPSA) is 117 Å². The summed E-state index contributed by atoms with van der Waals surface area (Å²) in [6, 6.07) is 14.5. The first-order valence-electron chi connectivity index (χ1n) is 10.8. The molecule has 10 nitrogen and oxygen atoms in total. The van der Waals surface area contributed by atoms with Gasteiger partial charge in [-0.2, -0.15) is 4.98 Å². The number of rotatable bonds is 7. The summed E-state index contributed by atoms with van der Waals surface area (Å²) in [4.78, 5) is 35.2. The van der Waals surface area contributed by atoms with Crippen LogP contribution in [-0.2, 0) is 24.3 Å². The zero-order valence-electron chi connectivity index (χ0n) is 18.7. The van der Waals surface area contributed by atoms with Gasteiger partial charge in [-0.3, -0.25) is 14.2 Å². The summed E-state index contributed by atoms with van der Waals surface area (Å²) in [6.07, 6.45) is 2.10. The fraction of sp³-hybridized carbons (Fsp3) is 0.208. The molecule has 0 aliphatic carbocycles. The second-order valence-electron chi connectivity index (χ2n) is 7.71. The van der Waals surface area contributed by atoms with Crippen LogP contribution < -0.4 is 15.6 Å². The SMILES string of the molecule is CCc1noc(Cn2cnc3c4ccccc4n(CC(=O)Nc4ccc(OC)cc4)c3c2=O)n1. The Hall–Kier alpha value is -4.47. The van der Waals surface area contributed by atoms with Crippen molar-refractivity contribution in [2.24, 2.45) is 0 Å². The molecule has 1 amide bonds. The van der Waals surface area contributed by atoms with Gasteiger partial charge in [-0.1, -0.05) is 30.3 Å². The van der Waals surface area contributed by atoms with Gasteiger partial charge in [0.05, 0.1) is 19.0 Å². The van der Waals surface area contributed by atoms with Crippen LogP contribution in [0.3, 0.4) is 0 Å². The van der Waals surface area contributed by atoms with Crippen LogP contribution >= 0.6 is 0 Å². The fourth-order valence-electron chi connectivity index (χ4n) is 3.89. The summed E-state index contributed by atoms with van der Waals surface area (Å²) in [7, 11) is 1.58. The Labute approximate surface area is 193 Å². The van der Waals surface area contributed by atoms with E-state index >= 15 is 0 Å². The van der Waals surface area contributed by atoms with Crippen molar-refractivity contribution >= 4 is 33.5 Å². The van der Waals surface area contributed by atoms with E-state index in [4.69, 9.17) is 9.26 Å². The summed E-state index contributed by atoms with van der Waals surface area (Å²) < 4.78 is 13.5. The predicted molar refractivity (Wildman–Crippen MR) is 126 cm³/mol. The van der Waals surface area contributed by atoms with Gasteiger partial charge >= 0.3 is 0 Å². The number of aromatic nitrogens is 5. The molecule has 2 aromatic carbocycles. The predicted octanol–water partition coefficient (Wildman–Crippen LogP) is 2.99. The van der Waals surface area contributed by atoms with Crippen molar-refractivity contribution in [3.8, 4) is 5.75 Å². The van der Waals surface area contributed by atoms with Crippen molar-refractivity contribution in [3.05, 3.63) is 76.9 Å². The first-order valence-corrected chi connectivity index (χ1v) is 10.8. The highest BCUT2D eigenvalue weighted by Gasteiger charge is 2.19. The highest BCUT2D eigenvalue weighted by molar-refractivity contribution is 6.06. The van der Waals surface area contributed by atoms with Crippen LogP contribution in [0, 0.1) is 0 Å². The minimum absolute atomic E-state index is 0.0580.